The fourth-order valence-electron chi connectivity index (χ4n) is 0.470. The second-order valence-corrected chi connectivity index (χ2v) is 2.50. The molecule has 0 spiro atoms. The van der Waals surface area contributed by atoms with Crippen LogP contribution in [0, 0.1) is 5.92 Å². The molecular weight excluding hydrogens is 130 g/mol. The van der Waals surface area contributed by atoms with Crippen molar-refractivity contribution < 1.29 is 11.0 Å². The number of amides is 1. The highest BCUT2D eigenvalue weighted by Gasteiger charge is 1.99. The molecule has 0 saturated heterocycles. The Hall–Kier alpha value is -0.730. The van der Waals surface area contributed by atoms with Crippen LogP contribution >= 0.6 is 0 Å². The van der Waals surface area contributed by atoms with Gasteiger partial charge in [-0.1, -0.05) is 13.8 Å². The first-order valence-corrected chi connectivity index (χ1v) is 3.57. The molecule has 0 aliphatic carbocycles. The predicted molar refractivity (Wildman–Crippen MR) is 42.0 cm³/mol. The number of rotatable bonds is 3. The van der Waals surface area contributed by atoms with Crippen LogP contribution in [0.2, 0.25) is 0 Å². The Morgan fingerprint density at radius 3 is 2.70 bits per heavy atom. The Morgan fingerprint density at radius 1 is 1.70 bits per heavy atom. The maximum Gasteiger partial charge on any atom is 0.407 e. The van der Waals surface area contributed by atoms with E-state index in [2.05, 4.69) is 10.1 Å². The molecule has 3 heteroatoms. The molecule has 0 aliphatic rings. The third-order valence-electron chi connectivity index (χ3n) is 0.930. The van der Waals surface area contributed by atoms with Gasteiger partial charge >= 0.3 is 6.09 Å². The molecule has 0 saturated carbocycles. The predicted octanol–water partition coefficient (Wildman–Crippen LogP) is 1.63. The van der Waals surface area contributed by atoms with Crippen LogP contribution in [-0.2, 0) is 4.74 Å². The molecule has 0 radical (unpaired) electrons. The lowest BCUT2D eigenvalue weighted by Gasteiger charge is -2.06. The van der Waals surface area contributed by atoms with E-state index in [0.717, 1.165) is 0 Å². The van der Waals surface area contributed by atoms with Crippen LogP contribution in [-0.4, -0.2) is 19.2 Å². The fourth-order valence-corrected chi connectivity index (χ4v) is 0.470. The summed E-state index contributed by atoms with van der Waals surface area (Å²) in [5.74, 6) is 0.476. The van der Waals surface area contributed by atoms with Gasteiger partial charge < -0.3 is 10.1 Å². The molecule has 0 heterocycles. The van der Waals surface area contributed by atoms with Crippen LogP contribution in [0.1, 0.15) is 22.2 Å². The minimum atomic E-state index is -0.323. The summed E-state index contributed by atoms with van der Waals surface area (Å²) >= 11 is 0. The van der Waals surface area contributed by atoms with E-state index >= 15 is 0 Å². The van der Waals surface area contributed by atoms with Gasteiger partial charge in [-0.15, -0.1) is 0 Å². The zero-order valence-electron chi connectivity index (χ0n) is 6.81. The standard InChI is InChI=1S/C7H15NO2.H2/c1-4-10-7(9)8-5-6(2)3;/h6H,4-5H2,1-3H3,(H,8,9);1H. The maximum atomic E-state index is 10.6. The van der Waals surface area contributed by atoms with Crippen LogP contribution in [0.3, 0.4) is 0 Å². The average Bonchev–Trinajstić information content (AvgIpc) is 1.85. The van der Waals surface area contributed by atoms with Gasteiger partial charge in [-0.25, -0.2) is 4.79 Å². The Bertz CT molecular complexity index is 107. The first kappa shape index (κ1) is 9.27. The van der Waals surface area contributed by atoms with Crippen molar-refractivity contribution in [3.8, 4) is 0 Å². The largest absolute Gasteiger partial charge is 0.450 e. The lowest BCUT2D eigenvalue weighted by molar-refractivity contribution is 0.151. The highest BCUT2D eigenvalue weighted by Crippen LogP contribution is 1.87. The zero-order chi connectivity index (χ0) is 7.98. The molecule has 3 nitrogen and oxygen atoms in total. The van der Waals surface area contributed by atoms with Gasteiger partial charge in [0.05, 0.1) is 6.61 Å². The number of hydrogen-bond donors (Lipinski definition) is 1. The molecule has 0 aromatic carbocycles. The molecule has 0 fully saturated rings. The Morgan fingerprint density at radius 2 is 2.30 bits per heavy atom. The summed E-state index contributed by atoms with van der Waals surface area (Å²) < 4.78 is 4.64. The van der Waals surface area contributed by atoms with Crippen LogP contribution < -0.4 is 5.32 Å². The van der Waals surface area contributed by atoms with E-state index < -0.39 is 0 Å². The molecule has 0 bridgehead atoms. The summed E-state index contributed by atoms with van der Waals surface area (Å²) in [4.78, 5) is 10.6. The summed E-state index contributed by atoms with van der Waals surface area (Å²) in [5.41, 5.74) is 0. The Labute approximate surface area is 63.2 Å². The van der Waals surface area contributed by atoms with E-state index in [4.69, 9.17) is 0 Å². The third kappa shape index (κ3) is 5.41. The van der Waals surface area contributed by atoms with Gasteiger partial charge in [0.2, 0.25) is 0 Å². The van der Waals surface area contributed by atoms with E-state index in [-0.39, 0.29) is 7.52 Å². The van der Waals surface area contributed by atoms with Crippen molar-refractivity contribution in [2.45, 2.75) is 20.8 Å². The minimum Gasteiger partial charge on any atom is -0.450 e. The van der Waals surface area contributed by atoms with Gasteiger partial charge in [0, 0.05) is 7.97 Å². The monoisotopic (exact) mass is 147 g/mol. The molecule has 10 heavy (non-hydrogen) atoms. The van der Waals surface area contributed by atoms with Gasteiger partial charge in [-0.3, -0.25) is 0 Å². The van der Waals surface area contributed by atoms with Crippen molar-refractivity contribution in [2.24, 2.45) is 5.92 Å². The molecule has 0 aliphatic heterocycles. The highest BCUT2D eigenvalue weighted by molar-refractivity contribution is 5.66. The lowest BCUT2D eigenvalue weighted by Crippen LogP contribution is -2.27. The normalized spacial score (nSPS) is 9.60. The van der Waals surface area contributed by atoms with Crippen LogP contribution in [0.25, 0.3) is 0 Å². The number of nitrogens with one attached hydrogen (secondary N) is 1. The summed E-state index contributed by atoms with van der Waals surface area (Å²) in [6.07, 6.45) is -0.323. The van der Waals surface area contributed by atoms with Gasteiger partial charge in [0.15, 0.2) is 0 Å². The quantitative estimate of drug-likeness (QED) is 0.659. The number of hydrogen-bond acceptors (Lipinski definition) is 2. The summed E-state index contributed by atoms with van der Waals surface area (Å²) in [6.45, 7) is 6.97. The number of ether oxygens (including phenoxy) is 1. The van der Waals surface area contributed by atoms with Crippen LogP contribution in [0.4, 0.5) is 4.79 Å². The van der Waals surface area contributed by atoms with Gasteiger partial charge in [0.1, 0.15) is 0 Å². The first-order chi connectivity index (χ1) is 4.66. The SMILES string of the molecule is CCOC(=O)NCC(C)C.[HH]. The van der Waals surface area contributed by atoms with Crippen molar-refractivity contribution in [1.29, 1.82) is 0 Å². The molecule has 0 atom stereocenters. The minimum absolute atomic E-state index is 0. The first-order valence-electron chi connectivity index (χ1n) is 3.57. The van der Waals surface area contributed by atoms with Crippen molar-refractivity contribution in [3.63, 3.8) is 0 Å². The Kier molecular flexibility index (Phi) is 4.72. The molecule has 0 aromatic rings. The number of alkyl carbamates (subject to hydrolysis) is 1. The van der Waals surface area contributed by atoms with Crippen LogP contribution in [0.5, 0.6) is 0 Å². The molecule has 0 aromatic heterocycles. The van der Waals surface area contributed by atoms with Crippen molar-refractivity contribution in [3.05, 3.63) is 0 Å². The Balaban J connectivity index is 0. The van der Waals surface area contributed by atoms with Gasteiger partial charge in [0.25, 0.3) is 0 Å². The molecule has 1 amide bonds. The van der Waals surface area contributed by atoms with E-state index in [1.165, 1.54) is 0 Å². The van der Waals surface area contributed by atoms with Crippen molar-refractivity contribution >= 4 is 6.09 Å². The van der Waals surface area contributed by atoms with Crippen molar-refractivity contribution in [2.75, 3.05) is 13.2 Å². The second kappa shape index (κ2) is 5.09. The highest BCUT2D eigenvalue weighted by atomic mass is 16.5. The van der Waals surface area contributed by atoms with E-state index in [0.29, 0.717) is 19.1 Å². The average molecular weight is 147 g/mol. The van der Waals surface area contributed by atoms with Gasteiger partial charge in [-0.05, 0) is 12.8 Å². The second-order valence-electron chi connectivity index (χ2n) is 2.50. The molecule has 0 unspecified atom stereocenters. The molecular formula is C7H17NO2. The summed E-state index contributed by atoms with van der Waals surface area (Å²) in [6, 6.07) is 0. The number of carbonyl (C=O) groups is 1. The third-order valence-corrected chi connectivity index (χ3v) is 0.930. The summed E-state index contributed by atoms with van der Waals surface area (Å²) in [5, 5.41) is 2.62. The smallest absolute Gasteiger partial charge is 0.407 e. The van der Waals surface area contributed by atoms with E-state index in [1.54, 1.807) is 6.92 Å². The van der Waals surface area contributed by atoms with Crippen LogP contribution in [0.15, 0.2) is 0 Å². The number of carbonyl (C=O) groups excluding carboxylic acids is 1. The zero-order valence-corrected chi connectivity index (χ0v) is 6.81. The fraction of sp³-hybridized carbons (Fsp3) is 0.857. The topological polar surface area (TPSA) is 38.3 Å². The van der Waals surface area contributed by atoms with E-state index in [1.807, 2.05) is 13.8 Å². The maximum absolute atomic E-state index is 10.6. The lowest BCUT2D eigenvalue weighted by atomic mass is 10.2. The molecule has 0 rings (SSSR count). The molecule has 1 N–H and O–H groups in total. The van der Waals surface area contributed by atoms with Gasteiger partial charge in [-0.2, -0.15) is 0 Å². The molecule has 62 valence electrons. The van der Waals surface area contributed by atoms with E-state index in [9.17, 15) is 4.79 Å². The summed E-state index contributed by atoms with van der Waals surface area (Å²) in [7, 11) is 0. The van der Waals surface area contributed by atoms with Crippen molar-refractivity contribution in [1.82, 2.24) is 5.32 Å².